The first kappa shape index (κ1) is 15.1. The second-order valence-electron chi connectivity index (χ2n) is 5.62. The molecule has 1 aliphatic rings. The third kappa shape index (κ3) is 3.21. The van der Waals surface area contributed by atoms with E-state index in [0.717, 1.165) is 12.8 Å². The fourth-order valence-electron chi connectivity index (χ4n) is 2.70. The molecule has 0 saturated heterocycles. The molecule has 23 heavy (non-hydrogen) atoms. The van der Waals surface area contributed by atoms with Crippen molar-refractivity contribution in [1.29, 1.82) is 0 Å². The van der Waals surface area contributed by atoms with E-state index in [9.17, 15) is 20.4 Å². The molecular weight excluding hydrogens is 300 g/mol. The monoisotopic (exact) mass is 318 g/mol. The summed E-state index contributed by atoms with van der Waals surface area (Å²) in [6.07, 6.45) is 3.15. The highest BCUT2D eigenvalue weighted by Crippen LogP contribution is 2.40. The lowest BCUT2D eigenvalue weighted by Gasteiger charge is -2.31. The zero-order valence-corrected chi connectivity index (χ0v) is 12.4. The van der Waals surface area contributed by atoms with Crippen molar-refractivity contribution in [2.45, 2.75) is 31.5 Å². The van der Waals surface area contributed by atoms with E-state index in [1.807, 2.05) is 0 Å². The van der Waals surface area contributed by atoms with Crippen molar-refractivity contribution in [1.82, 2.24) is 0 Å². The summed E-state index contributed by atoms with van der Waals surface area (Å²) in [6.45, 7) is 0. The van der Waals surface area contributed by atoms with Gasteiger partial charge in [0.25, 0.3) is 5.79 Å². The molecule has 122 valence electrons. The Hall–Kier alpha value is -2.76. The fraction of sp³-hybridized carbons (Fsp3) is 0.294. The molecule has 0 atom stereocenters. The molecule has 0 heterocycles. The second kappa shape index (κ2) is 5.79. The Bertz CT molecular complexity index is 651. The van der Waals surface area contributed by atoms with E-state index >= 15 is 0 Å². The van der Waals surface area contributed by atoms with Gasteiger partial charge in [-0.3, -0.25) is 0 Å². The summed E-state index contributed by atoms with van der Waals surface area (Å²) in [5, 5.41) is 37.9. The standard InChI is InChI=1S/C17H18O6/c18-13-5-3-11(9-15(13)20)22-17(7-1-2-8-17)23-12-4-6-14(19)16(21)10-12/h3-6,9-10,18-21H,1-2,7-8H2. The Morgan fingerprint density at radius 1 is 0.652 bits per heavy atom. The van der Waals surface area contributed by atoms with Gasteiger partial charge in [-0.1, -0.05) is 0 Å². The summed E-state index contributed by atoms with van der Waals surface area (Å²) >= 11 is 0. The molecule has 0 amide bonds. The van der Waals surface area contributed by atoms with Crippen molar-refractivity contribution in [3.8, 4) is 34.5 Å². The number of aromatic hydroxyl groups is 4. The summed E-state index contributed by atoms with van der Waals surface area (Å²) in [6, 6.07) is 8.44. The molecule has 0 spiro atoms. The van der Waals surface area contributed by atoms with Crippen molar-refractivity contribution >= 4 is 0 Å². The van der Waals surface area contributed by atoms with Gasteiger partial charge in [-0.2, -0.15) is 0 Å². The molecule has 4 N–H and O–H groups in total. The van der Waals surface area contributed by atoms with Crippen LogP contribution in [0.15, 0.2) is 36.4 Å². The maximum atomic E-state index is 9.58. The number of rotatable bonds is 4. The molecule has 2 aromatic carbocycles. The average Bonchev–Trinajstić information content (AvgIpc) is 2.95. The van der Waals surface area contributed by atoms with Crippen LogP contribution >= 0.6 is 0 Å². The van der Waals surface area contributed by atoms with Gasteiger partial charge in [-0.05, 0) is 37.1 Å². The van der Waals surface area contributed by atoms with Gasteiger partial charge in [0, 0.05) is 25.0 Å². The molecule has 6 nitrogen and oxygen atoms in total. The highest BCUT2D eigenvalue weighted by molar-refractivity contribution is 5.44. The van der Waals surface area contributed by atoms with Gasteiger partial charge < -0.3 is 29.9 Å². The highest BCUT2D eigenvalue weighted by atomic mass is 16.7. The minimum absolute atomic E-state index is 0.220. The normalized spacial score (nSPS) is 16.2. The third-order valence-corrected chi connectivity index (χ3v) is 3.87. The number of hydrogen-bond acceptors (Lipinski definition) is 6. The van der Waals surface area contributed by atoms with Gasteiger partial charge >= 0.3 is 0 Å². The molecule has 0 aromatic heterocycles. The Morgan fingerprint density at radius 3 is 1.48 bits per heavy atom. The van der Waals surface area contributed by atoms with Gasteiger partial charge in [0.2, 0.25) is 0 Å². The summed E-state index contributed by atoms with van der Waals surface area (Å²) in [4.78, 5) is 0. The van der Waals surface area contributed by atoms with Crippen LogP contribution < -0.4 is 9.47 Å². The van der Waals surface area contributed by atoms with Crippen LogP contribution in [0.25, 0.3) is 0 Å². The van der Waals surface area contributed by atoms with Crippen molar-refractivity contribution in [2.75, 3.05) is 0 Å². The van der Waals surface area contributed by atoms with E-state index < -0.39 is 5.79 Å². The van der Waals surface area contributed by atoms with E-state index in [4.69, 9.17) is 9.47 Å². The number of ether oxygens (including phenoxy) is 2. The van der Waals surface area contributed by atoms with Gasteiger partial charge in [0.05, 0.1) is 0 Å². The van der Waals surface area contributed by atoms with E-state index in [1.54, 1.807) is 12.1 Å². The van der Waals surface area contributed by atoms with E-state index in [1.165, 1.54) is 24.3 Å². The van der Waals surface area contributed by atoms with Crippen LogP contribution in [0.1, 0.15) is 25.7 Å². The molecule has 1 fully saturated rings. The molecule has 2 aromatic rings. The number of benzene rings is 2. The number of phenols is 4. The average molecular weight is 318 g/mol. The molecular formula is C17H18O6. The van der Waals surface area contributed by atoms with Crippen LogP contribution in [0.4, 0.5) is 0 Å². The first-order valence-corrected chi connectivity index (χ1v) is 7.39. The van der Waals surface area contributed by atoms with Crippen molar-refractivity contribution in [2.24, 2.45) is 0 Å². The van der Waals surface area contributed by atoms with E-state index in [2.05, 4.69) is 0 Å². The summed E-state index contributed by atoms with van der Waals surface area (Å²) in [5.74, 6) is -1.12. The second-order valence-corrected chi connectivity index (χ2v) is 5.62. The molecule has 0 bridgehead atoms. The smallest absolute Gasteiger partial charge is 0.251 e. The number of hydrogen-bond donors (Lipinski definition) is 4. The SMILES string of the molecule is Oc1ccc(OC2(Oc3ccc(O)c(O)c3)CCCC2)cc1O. The summed E-state index contributed by atoms with van der Waals surface area (Å²) < 4.78 is 11.9. The molecule has 0 radical (unpaired) electrons. The minimum Gasteiger partial charge on any atom is -0.504 e. The molecule has 6 heteroatoms. The largest absolute Gasteiger partial charge is 0.504 e. The molecule has 3 rings (SSSR count). The third-order valence-electron chi connectivity index (χ3n) is 3.87. The zero-order chi connectivity index (χ0) is 16.4. The van der Waals surface area contributed by atoms with E-state index in [-0.39, 0.29) is 23.0 Å². The van der Waals surface area contributed by atoms with Crippen LogP contribution in [0.5, 0.6) is 34.5 Å². The van der Waals surface area contributed by atoms with Crippen LogP contribution in [-0.4, -0.2) is 26.2 Å². The topological polar surface area (TPSA) is 99.4 Å². The Kier molecular flexibility index (Phi) is 3.82. The van der Waals surface area contributed by atoms with Crippen LogP contribution in [0.3, 0.4) is 0 Å². The van der Waals surface area contributed by atoms with Crippen LogP contribution in [-0.2, 0) is 0 Å². The lowest BCUT2D eigenvalue weighted by Crippen LogP contribution is -2.39. The maximum Gasteiger partial charge on any atom is 0.251 e. The Morgan fingerprint density at radius 2 is 1.09 bits per heavy atom. The van der Waals surface area contributed by atoms with Gasteiger partial charge in [-0.15, -0.1) is 0 Å². The van der Waals surface area contributed by atoms with E-state index in [0.29, 0.717) is 24.3 Å². The quantitative estimate of drug-likeness (QED) is 0.510. The van der Waals surface area contributed by atoms with Gasteiger partial charge in [0.1, 0.15) is 11.5 Å². The van der Waals surface area contributed by atoms with Crippen molar-refractivity contribution in [3.63, 3.8) is 0 Å². The first-order chi connectivity index (χ1) is 11.0. The van der Waals surface area contributed by atoms with Crippen LogP contribution in [0.2, 0.25) is 0 Å². The first-order valence-electron chi connectivity index (χ1n) is 7.39. The highest BCUT2D eigenvalue weighted by Gasteiger charge is 2.39. The lowest BCUT2D eigenvalue weighted by atomic mass is 10.2. The van der Waals surface area contributed by atoms with Gasteiger partial charge in [0.15, 0.2) is 23.0 Å². The predicted octanol–water partition coefficient (Wildman–Crippen LogP) is 3.24. The summed E-state index contributed by atoms with van der Waals surface area (Å²) in [7, 11) is 0. The van der Waals surface area contributed by atoms with Crippen molar-refractivity contribution < 1.29 is 29.9 Å². The lowest BCUT2D eigenvalue weighted by molar-refractivity contribution is -0.107. The summed E-state index contributed by atoms with van der Waals surface area (Å²) in [5.41, 5.74) is 0. The molecule has 1 aliphatic carbocycles. The van der Waals surface area contributed by atoms with Crippen molar-refractivity contribution in [3.05, 3.63) is 36.4 Å². The minimum atomic E-state index is -0.910. The van der Waals surface area contributed by atoms with Gasteiger partial charge in [-0.25, -0.2) is 0 Å². The fourth-order valence-corrected chi connectivity index (χ4v) is 2.70. The van der Waals surface area contributed by atoms with Crippen LogP contribution in [0, 0.1) is 0 Å². The maximum absolute atomic E-state index is 9.58. The molecule has 0 unspecified atom stereocenters. The zero-order valence-electron chi connectivity index (χ0n) is 12.4. The predicted molar refractivity (Wildman–Crippen MR) is 82.0 cm³/mol. The molecule has 0 aliphatic heterocycles. The molecule has 1 saturated carbocycles. The Labute approximate surface area is 133 Å². The Balaban J connectivity index is 1.84. The number of phenolic OH excluding ortho intramolecular Hbond substituents is 4.